The topological polar surface area (TPSA) is 83.4 Å². The maximum Gasteiger partial charge on any atom is 0.278 e. The number of anilines is 2. The first-order chi connectivity index (χ1) is 16.7. The summed E-state index contributed by atoms with van der Waals surface area (Å²) in [5, 5.41) is 6.14. The van der Waals surface area contributed by atoms with Crippen LogP contribution in [0.15, 0.2) is 42.5 Å². The Balaban J connectivity index is 1.71. The van der Waals surface area contributed by atoms with Crippen molar-refractivity contribution in [1.82, 2.24) is 9.88 Å². The molecule has 1 aromatic heterocycles. The predicted octanol–water partition coefficient (Wildman–Crippen LogP) is 4.36. The lowest BCUT2D eigenvalue weighted by Gasteiger charge is -2.44. The number of hydrogen-bond acceptors (Lipinski definition) is 3. The number of carbonyl (C=O) groups is 3. The summed E-state index contributed by atoms with van der Waals surface area (Å²) < 4.78 is 29.6. The van der Waals surface area contributed by atoms with E-state index in [9.17, 15) is 23.2 Å². The smallest absolute Gasteiger partial charge is 0.278 e. The second kappa shape index (κ2) is 8.48. The highest BCUT2D eigenvalue weighted by molar-refractivity contribution is 6.20. The van der Waals surface area contributed by atoms with Crippen molar-refractivity contribution in [1.29, 1.82) is 0 Å². The molecule has 1 saturated carbocycles. The van der Waals surface area contributed by atoms with Gasteiger partial charge in [-0.15, -0.1) is 0 Å². The third kappa shape index (κ3) is 3.84. The molecule has 182 valence electrons. The number of benzene rings is 2. The molecule has 0 spiro atoms. The molecule has 9 heteroatoms. The minimum Gasteiger partial charge on any atom is -0.351 e. The van der Waals surface area contributed by atoms with Gasteiger partial charge in [0.05, 0.1) is 17.7 Å². The largest absolute Gasteiger partial charge is 0.351 e. The standard InChI is InChI=1S/C26H26F2N4O3/c1-15(33)29-22-20-13-17(28)9-12-21(20)31-14-26(2,25(35)30-18-5-3-4-6-18)32(24(34)23(22)31)19-10-7-16(27)8-11-19/h7-13,18H,3-6,14H2,1-2H3,(H,29,33)(H,30,35)/t26-/m1/s1. The Morgan fingerprint density at radius 2 is 1.69 bits per heavy atom. The molecule has 2 aromatic carbocycles. The molecule has 0 saturated heterocycles. The number of amides is 3. The highest BCUT2D eigenvalue weighted by Gasteiger charge is 2.50. The van der Waals surface area contributed by atoms with E-state index in [2.05, 4.69) is 10.6 Å². The molecule has 3 aromatic rings. The van der Waals surface area contributed by atoms with E-state index in [4.69, 9.17) is 0 Å². The number of halogens is 2. The number of nitrogens with one attached hydrogen (secondary N) is 2. The van der Waals surface area contributed by atoms with Crippen LogP contribution in [0.4, 0.5) is 20.2 Å². The van der Waals surface area contributed by atoms with Gasteiger partial charge in [0, 0.05) is 24.0 Å². The van der Waals surface area contributed by atoms with Crippen molar-refractivity contribution in [2.45, 2.75) is 57.7 Å². The van der Waals surface area contributed by atoms with Gasteiger partial charge in [-0.2, -0.15) is 0 Å². The SMILES string of the molecule is CC(=O)Nc1c2n(c3ccc(F)cc13)C[C@](C)(C(=O)NC1CCCC1)N(c1ccc(F)cc1)C2=O. The quantitative estimate of drug-likeness (QED) is 0.582. The fourth-order valence-corrected chi connectivity index (χ4v) is 5.30. The van der Waals surface area contributed by atoms with E-state index in [1.54, 1.807) is 11.5 Å². The number of hydrogen-bond donors (Lipinski definition) is 2. The summed E-state index contributed by atoms with van der Waals surface area (Å²) in [7, 11) is 0. The molecule has 2 aliphatic rings. The predicted molar refractivity (Wildman–Crippen MR) is 128 cm³/mol. The lowest BCUT2D eigenvalue weighted by molar-refractivity contribution is -0.127. The van der Waals surface area contributed by atoms with Crippen LogP contribution in [0, 0.1) is 11.6 Å². The molecule has 5 rings (SSSR count). The van der Waals surface area contributed by atoms with E-state index in [1.807, 2.05) is 0 Å². The molecule has 3 amide bonds. The van der Waals surface area contributed by atoms with Crippen LogP contribution in [-0.4, -0.2) is 33.9 Å². The fraction of sp³-hybridized carbons (Fsp3) is 0.346. The van der Waals surface area contributed by atoms with E-state index < -0.39 is 29.0 Å². The first-order valence-corrected chi connectivity index (χ1v) is 11.7. The maximum atomic E-state index is 14.2. The zero-order chi connectivity index (χ0) is 24.9. The van der Waals surface area contributed by atoms with Crippen molar-refractivity contribution in [2.75, 3.05) is 10.2 Å². The molecule has 7 nitrogen and oxygen atoms in total. The average molecular weight is 481 g/mol. The van der Waals surface area contributed by atoms with Gasteiger partial charge in [-0.1, -0.05) is 12.8 Å². The summed E-state index contributed by atoms with van der Waals surface area (Å²) >= 11 is 0. The van der Waals surface area contributed by atoms with Crippen LogP contribution in [-0.2, 0) is 16.1 Å². The monoisotopic (exact) mass is 480 g/mol. The summed E-state index contributed by atoms with van der Waals surface area (Å²) in [5.41, 5.74) is -0.175. The van der Waals surface area contributed by atoms with Gasteiger partial charge in [0.2, 0.25) is 11.8 Å². The zero-order valence-corrected chi connectivity index (χ0v) is 19.5. The van der Waals surface area contributed by atoms with Crippen LogP contribution in [0.1, 0.15) is 50.0 Å². The van der Waals surface area contributed by atoms with Crippen molar-refractivity contribution in [3.8, 4) is 0 Å². The van der Waals surface area contributed by atoms with E-state index in [0.717, 1.165) is 25.7 Å². The first-order valence-electron chi connectivity index (χ1n) is 11.7. The second-order valence-corrected chi connectivity index (χ2v) is 9.50. The van der Waals surface area contributed by atoms with Gasteiger partial charge >= 0.3 is 0 Å². The van der Waals surface area contributed by atoms with E-state index in [0.29, 0.717) is 16.6 Å². The van der Waals surface area contributed by atoms with Gasteiger partial charge in [-0.3, -0.25) is 19.3 Å². The third-order valence-electron chi connectivity index (χ3n) is 6.96. The van der Waals surface area contributed by atoms with Crippen molar-refractivity contribution in [2.24, 2.45) is 0 Å². The Morgan fingerprint density at radius 1 is 1.03 bits per heavy atom. The lowest BCUT2D eigenvalue weighted by atomic mass is 9.93. The molecule has 1 fully saturated rings. The minimum absolute atomic E-state index is 0.0244. The van der Waals surface area contributed by atoms with Gasteiger partial charge in [-0.25, -0.2) is 8.78 Å². The summed E-state index contributed by atoms with van der Waals surface area (Å²) in [6.45, 7) is 3.04. The van der Waals surface area contributed by atoms with Gasteiger partial charge in [0.1, 0.15) is 22.9 Å². The fourth-order valence-electron chi connectivity index (χ4n) is 5.30. The number of rotatable bonds is 4. The van der Waals surface area contributed by atoms with Crippen LogP contribution in [0.5, 0.6) is 0 Å². The molecular weight excluding hydrogens is 454 g/mol. The Bertz CT molecular complexity index is 1340. The Hall–Kier alpha value is -3.75. The van der Waals surface area contributed by atoms with Gasteiger partial charge in [-0.05, 0) is 62.2 Å². The summed E-state index contributed by atoms with van der Waals surface area (Å²) in [5.74, 6) is -2.28. The number of carbonyl (C=O) groups excluding carboxylic acids is 3. The number of aromatic nitrogens is 1. The summed E-state index contributed by atoms with van der Waals surface area (Å²) in [4.78, 5) is 41.2. The number of fused-ring (bicyclic) bond motifs is 3. The molecule has 0 bridgehead atoms. The van der Waals surface area contributed by atoms with Gasteiger partial charge < -0.3 is 15.2 Å². The Labute approximate surface area is 201 Å². The summed E-state index contributed by atoms with van der Waals surface area (Å²) in [6.07, 6.45) is 3.80. The summed E-state index contributed by atoms with van der Waals surface area (Å²) in [6, 6.07) is 9.45. The minimum atomic E-state index is -1.36. The van der Waals surface area contributed by atoms with Gasteiger partial charge in [0.15, 0.2) is 0 Å². The van der Waals surface area contributed by atoms with Crippen molar-refractivity contribution >= 4 is 40.0 Å². The molecule has 0 unspecified atom stereocenters. The van der Waals surface area contributed by atoms with Crippen molar-refractivity contribution < 1.29 is 23.2 Å². The van der Waals surface area contributed by atoms with Crippen LogP contribution >= 0.6 is 0 Å². The molecule has 2 N–H and O–H groups in total. The molecule has 1 atom stereocenters. The molecule has 1 aliphatic heterocycles. The molecule has 1 aliphatic carbocycles. The van der Waals surface area contributed by atoms with E-state index >= 15 is 0 Å². The third-order valence-corrected chi connectivity index (χ3v) is 6.96. The van der Waals surface area contributed by atoms with E-state index in [-0.39, 0.29) is 29.9 Å². The molecular formula is C26H26F2N4O3. The first kappa shape index (κ1) is 23.0. The average Bonchev–Trinajstić information content (AvgIpc) is 3.41. The van der Waals surface area contributed by atoms with Crippen molar-refractivity contribution in [3.05, 3.63) is 59.8 Å². The van der Waals surface area contributed by atoms with Crippen LogP contribution in [0.25, 0.3) is 10.9 Å². The van der Waals surface area contributed by atoms with Gasteiger partial charge in [0.25, 0.3) is 5.91 Å². The normalized spacial score (nSPS) is 20.2. The molecule has 35 heavy (non-hydrogen) atoms. The van der Waals surface area contributed by atoms with Crippen molar-refractivity contribution in [3.63, 3.8) is 0 Å². The van der Waals surface area contributed by atoms with Crippen LogP contribution < -0.4 is 15.5 Å². The van der Waals surface area contributed by atoms with Crippen LogP contribution in [0.2, 0.25) is 0 Å². The highest BCUT2D eigenvalue weighted by Crippen LogP contribution is 2.41. The van der Waals surface area contributed by atoms with E-state index in [1.165, 1.54) is 54.3 Å². The van der Waals surface area contributed by atoms with Crippen LogP contribution in [0.3, 0.4) is 0 Å². The highest BCUT2D eigenvalue weighted by atomic mass is 19.1. The molecule has 0 radical (unpaired) electrons. The molecule has 2 heterocycles. The Kier molecular flexibility index (Phi) is 5.57. The lowest BCUT2D eigenvalue weighted by Crippen LogP contribution is -2.65. The second-order valence-electron chi connectivity index (χ2n) is 9.50. The Morgan fingerprint density at radius 3 is 2.34 bits per heavy atom. The zero-order valence-electron chi connectivity index (χ0n) is 19.5. The maximum absolute atomic E-state index is 14.2. The number of nitrogens with zero attached hydrogens (tertiary/aromatic N) is 2.